The molecule has 1 fully saturated rings. The summed E-state index contributed by atoms with van der Waals surface area (Å²) in [5.74, 6) is 1.09. The van der Waals surface area contributed by atoms with Crippen LogP contribution in [-0.4, -0.2) is 27.0 Å². The fraction of sp³-hybridized carbons (Fsp3) is 0.375. The highest BCUT2D eigenvalue weighted by Crippen LogP contribution is 2.27. The van der Waals surface area contributed by atoms with Gasteiger partial charge in [0.25, 0.3) is 5.91 Å². The molecule has 0 unspecified atom stereocenters. The van der Waals surface area contributed by atoms with Crippen LogP contribution in [0, 0.1) is 13.8 Å². The van der Waals surface area contributed by atoms with E-state index in [1.807, 2.05) is 67.3 Å². The van der Waals surface area contributed by atoms with Crippen LogP contribution in [0.5, 0.6) is 0 Å². The second kappa shape index (κ2) is 8.60. The van der Waals surface area contributed by atoms with Crippen molar-refractivity contribution >= 4 is 5.91 Å². The van der Waals surface area contributed by atoms with Gasteiger partial charge in [0.1, 0.15) is 6.54 Å². The molecule has 150 valence electrons. The second-order valence-corrected chi connectivity index (χ2v) is 7.92. The van der Waals surface area contributed by atoms with E-state index >= 15 is 0 Å². The summed E-state index contributed by atoms with van der Waals surface area (Å²) in [7, 11) is 0. The first-order chi connectivity index (χ1) is 14.1. The molecule has 2 aromatic carbocycles. The highest BCUT2D eigenvalue weighted by molar-refractivity contribution is 5.96. The van der Waals surface area contributed by atoms with Crippen LogP contribution in [0.25, 0.3) is 11.4 Å². The minimum absolute atomic E-state index is 0.0533. The Morgan fingerprint density at radius 1 is 1.07 bits per heavy atom. The third-order valence-corrected chi connectivity index (χ3v) is 5.71. The van der Waals surface area contributed by atoms with Crippen LogP contribution >= 0.6 is 0 Å². The number of hydrogen-bond acceptors (Lipinski definition) is 4. The SMILES string of the molecule is Cc1ccc(C)c(C(=O)N(Cc2nc(-c3ccccc3)no2)C2CCCCC2)c1. The van der Waals surface area contributed by atoms with Gasteiger partial charge in [-0.3, -0.25) is 4.79 Å². The number of rotatable bonds is 5. The third-order valence-electron chi connectivity index (χ3n) is 5.71. The predicted octanol–water partition coefficient (Wildman–Crippen LogP) is 5.33. The normalized spacial score (nSPS) is 14.7. The monoisotopic (exact) mass is 389 g/mol. The summed E-state index contributed by atoms with van der Waals surface area (Å²) >= 11 is 0. The van der Waals surface area contributed by atoms with Crippen molar-refractivity contribution in [3.63, 3.8) is 0 Å². The summed E-state index contributed by atoms with van der Waals surface area (Å²) in [4.78, 5) is 20.0. The van der Waals surface area contributed by atoms with E-state index in [4.69, 9.17) is 4.52 Å². The van der Waals surface area contributed by atoms with Crippen molar-refractivity contribution in [2.24, 2.45) is 0 Å². The summed E-state index contributed by atoms with van der Waals surface area (Å²) in [6.07, 6.45) is 5.59. The second-order valence-electron chi connectivity index (χ2n) is 7.92. The molecule has 0 bridgehead atoms. The molecule has 1 aliphatic rings. The Balaban J connectivity index is 1.62. The number of aryl methyl sites for hydroxylation is 2. The van der Waals surface area contributed by atoms with Gasteiger partial charge in [-0.15, -0.1) is 0 Å². The number of aromatic nitrogens is 2. The number of carbonyl (C=O) groups is 1. The van der Waals surface area contributed by atoms with Crippen molar-refractivity contribution in [1.29, 1.82) is 0 Å². The molecule has 0 radical (unpaired) electrons. The van der Waals surface area contributed by atoms with Crippen molar-refractivity contribution in [3.05, 3.63) is 71.1 Å². The van der Waals surface area contributed by atoms with E-state index in [9.17, 15) is 4.79 Å². The maximum atomic E-state index is 13.5. The average Bonchev–Trinajstić information content (AvgIpc) is 3.23. The molecule has 1 aromatic heterocycles. The minimum atomic E-state index is 0.0533. The first kappa shape index (κ1) is 19.4. The van der Waals surface area contributed by atoms with Crippen molar-refractivity contribution in [2.75, 3.05) is 0 Å². The maximum Gasteiger partial charge on any atom is 0.254 e. The Hall–Kier alpha value is -2.95. The first-order valence-electron chi connectivity index (χ1n) is 10.4. The number of hydrogen-bond donors (Lipinski definition) is 0. The molecule has 29 heavy (non-hydrogen) atoms. The highest BCUT2D eigenvalue weighted by atomic mass is 16.5. The molecule has 1 amide bonds. The van der Waals surface area contributed by atoms with E-state index < -0.39 is 0 Å². The Morgan fingerprint density at radius 2 is 1.83 bits per heavy atom. The van der Waals surface area contributed by atoms with E-state index in [0.29, 0.717) is 18.3 Å². The number of benzene rings is 2. The zero-order valence-electron chi connectivity index (χ0n) is 17.1. The topological polar surface area (TPSA) is 59.2 Å². The lowest BCUT2D eigenvalue weighted by Gasteiger charge is -2.34. The molecule has 3 aromatic rings. The third kappa shape index (κ3) is 4.39. The van der Waals surface area contributed by atoms with E-state index in [-0.39, 0.29) is 11.9 Å². The van der Waals surface area contributed by atoms with Gasteiger partial charge in [-0.05, 0) is 38.3 Å². The van der Waals surface area contributed by atoms with Gasteiger partial charge < -0.3 is 9.42 Å². The van der Waals surface area contributed by atoms with Crippen LogP contribution in [0.2, 0.25) is 0 Å². The van der Waals surface area contributed by atoms with E-state index in [0.717, 1.165) is 47.9 Å². The Bertz CT molecular complexity index is 975. The molecular weight excluding hydrogens is 362 g/mol. The molecule has 0 atom stereocenters. The van der Waals surface area contributed by atoms with Crippen molar-refractivity contribution < 1.29 is 9.32 Å². The van der Waals surface area contributed by atoms with Crippen LogP contribution in [0.3, 0.4) is 0 Å². The quantitative estimate of drug-likeness (QED) is 0.592. The van der Waals surface area contributed by atoms with Gasteiger partial charge in [-0.25, -0.2) is 0 Å². The molecule has 4 rings (SSSR count). The van der Waals surface area contributed by atoms with E-state index in [1.165, 1.54) is 6.42 Å². The average molecular weight is 389 g/mol. The van der Waals surface area contributed by atoms with Gasteiger partial charge in [-0.2, -0.15) is 4.98 Å². The molecule has 0 N–H and O–H groups in total. The molecule has 5 nitrogen and oxygen atoms in total. The number of nitrogens with zero attached hydrogens (tertiary/aromatic N) is 3. The van der Waals surface area contributed by atoms with Crippen LogP contribution in [-0.2, 0) is 6.54 Å². The standard InChI is InChI=1S/C24H27N3O2/c1-17-13-14-18(2)21(15-17)24(28)27(20-11-7-4-8-12-20)16-22-25-23(26-29-22)19-9-5-3-6-10-19/h3,5-6,9-10,13-15,20H,4,7-8,11-12,16H2,1-2H3. The molecule has 0 spiro atoms. The lowest BCUT2D eigenvalue weighted by molar-refractivity contribution is 0.0585. The Labute approximate surface area is 171 Å². The molecule has 0 saturated heterocycles. The Morgan fingerprint density at radius 3 is 2.59 bits per heavy atom. The van der Waals surface area contributed by atoms with Crippen LogP contribution in [0.4, 0.5) is 0 Å². The van der Waals surface area contributed by atoms with Crippen LogP contribution < -0.4 is 0 Å². The molecule has 1 heterocycles. The largest absolute Gasteiger partial charge is 0.337 e. The van der Waals surface area contributed by atoms with Gasteiger partial charge in [0.2, 0.25) is 11.7 Å². The number of carbonyl (C=O) groups excluding carboxylic acids is 1. The molecule has 0 aliphatic heterocycles. The van der Waals surface area contributed by atoms with E-state index in [1.54, 1.807) is 0 Å². The first-order valence-corrected chi connectivity index (χ1v) is 10.4. The summed E-state index contributed by atoms with van der Waals surface area (Å²) < 4.78 is 5.53. The number of amides is 1. The lowest BCUT2D eigenvalue weighted by Crippen LogP contribution is -2.41. The van der Waals surface area contributed by atoms with Crippen molar-refractivity contribution in [3.8, 4) is 11.4 Å². The zero-order valence-corrected chi connectivity index (χ0v) is 17.1. The Kier molecular flexibility index (Phi) is 5.74. The maximum absolute atomic E-state index is 13.5. The summed E-state index contributed by atoms with van der Waals surface area (Å²) in [5.41, 5.74) is 3.76. The summed E-state index contributed by atoms with van der Waals surface area (Å²) in [6.45, 7) is 4.36. The lowest BCUT2D eigenvalue weighted by atomic mass is 9.93. The summed E-state index contributed by atoms with van der Waals surface area (Å²) in [6, 6.07) is 16.0. The zero-order chi connectivity index (χ0) is 20.2. The minimum Gasteiger partial charge on any atom is -0.337 e. The van der Waals surface area contributed by atoms with E-state index in [2.05, 4.69) is 10.1 Å². The van der Waals surface area contributed by atoms with Gasteiger partial charge >= 0.3 is 0 Å². The summed E-state index contributed by atoms with van der Waals surface area (Å²) in [5, 5.41) is 4.12. The van der Waals surface area contributed by atoms with Gasteiger partial charge in [0.15, 0.2) is 0 Å². The highest BCUT2D eigenvalue weighted by Gasteiger charge is 2.29. The predicted molar refractivity (Wildman–Crippen MR) is 112 cm³/mol. The van der Waals surface area contributed by atoms with Gasteiger partial charge in [-0.1, -0.05) is 72.4 Å². The molecular formula is C24H27N3O2. The van der Waals surface area contributed by atoms with Crippen molar-refractivity contribution in [2.45, 2.75) is 58.5 Å². The van der Waals surface area contributed by atoms with Gasteiger partial charge in [0, 0.05) is 17.2 Å². The fourth-order valence-electron chi connectivity index (χ4n) is 4.05. The van der Waals surface area contributed by atoms with Crippen LogP contribution in [0.1, 0.15) is 59.5 Å². The van der Waals surface area contributed by atoms with Gasteiger partial charge in [0.05, 0.1) is 0 Å². The molecule has 1 saturated carbocycles. The van der Waals surface area contributed by atoms with Crippen molar-refractivity contribution in [1.82, 2.24) is 15.0 Å². The molecule has 1 aliphatic carbocycles. The smallest absolute Gasteiger partial charge is 0.254 e. The molecule has 5 heteroatoms. The fourth-order valence-corrected chi connectivity index (χ4v) is 4.05. The van der Waals surface area contributed by atoms with Crippen LogP contribution in [0.15, 0.2) is 53.1 Å².